The Labute approximate surface area is 91.8 Å². The zero-order valence-corrected chi connectivity index (χ0v) is 9.04. The van der Waals surface area contributed by atoms with Crippen molar-refractivity contribution in [3.05, 3.63) is 29.6 Å². The molecule has 0 saturated heterocycles. The summed E-state index contributed by atoms with van der Waals surface area (Å²) in [4.78, 5) is 16.0. The number of carbonyl (C=O) groups excluding carboxylic acids is 1. The van der Waals surface area contributed by atoms with Crippen LogP contribution in [0.1, 0.15) is 10.4 Å². The van der Waals surface area contributed by atoms with Crippen LogP contribution in [0.3, 0.4) is 0 Å². The van der Waals surface area contributed by atoms with Crippen LogP contribution in [0.4, 0.5) is 8.78 Å². The quantitative estimate of drug-likeness (QED) is 0.727. The van der Waals surface area contributed by atoms with E-state index < -0.39 is 17.7 Å². The first-order valence-corrected chi connectivity index (χ1v) is 4.62. The Morgan fingerprint density at radius 2 is 2.25 bits per heavy atom. The third kappa shape index (κ3) is 2.73. The predicted octanol–water partition coefficient (Wildman–Crippen LogP) is 1.08. The first kappa shape index (κ1) is 12.5. The van der Waals surface area contributed by atoms with Crippen LogP contribution in [0.5, 0.6) is 0 Å². The highest BCUT2D eigenvalue weighted by molar-refractivity contribution is 5.94. The Morgan fingerprint density at radius 3 is 2.88 bits per heavy atom. The third-order valence-corrected chi connectivity index (χ3v) is 2.05. The summed E-state index contributed by atoms with van der Waals surface area (Å²) in [6.45, 7) is 0.635. The van der Waals surface area contributed by atoms with Crippen molar-refractivity contribution in [2.75, 3.05) is 27.3 Å². The van der Waals surface area contributed by atoms with Gasteiger partial charge in [0, 0.05) is 26.9 Å². The van der Waals surface area contributed by atoms with E-state index in [4.69, 9.17) is 4.74 Å². The summed E-state index contributed by atoms with van der Waals surface area (Å²) in [6.07, 6.45) is 1.05. The summed E-state index contributed by atoms with van der Waals surface area (Å²) in [7, 11) is 2.98. The Hall–Kier alpha value is -1.56. The highest BCUT2D eigenvalue weighted by atomic mass is 19.2. The molecule has 0 unspecified atom stereocenters. The van der Waals surface area contributed by atoms with Crippen LogP contribution in [0.15, 0.2) is 12.3 Å². The van der Waals surface area contributed by atoms with Crippen molar-refractivity contribution < 1.29 is 18.3 Å². The molecule has 0 aliphatic heterocycles. The van der Waals surface area contributed by atoms with Gasteiger partial charge in [-0.15, -0.1) is 0 Å². The topological polar surface area (TPSA) is 42.4 Å². The normalized spacial score (nSPS) is 10.2. The fourth-order valence-corrected chi connectivity index (χ4v) is 1.12. The molecule has 0 aliphatic carbocycles. The van der Waals surface area contributed by atoms with Crippen LogP contribution in [0, 0.1) is 11.8 Å². The lowest BCUT2D eigenvalue weighted by Gasteiger charge is -2.16. The number of amides is 1. The van der Waals surface area contributed by atoms with E-state index in [2.05, 4.69) is 4.98 Å². The van der Waals surface area contributed by atoms with Gasteiger partial charge in [0.1, 0.15) is 0 Å². The van der Waals surface area contributed by atoms with E-state index in [1.807, 2.05) is 0 Å². The number of rotatable bonds is 4. The number of halogens is 2. The van der Waals surface area contributed by atoms with E-state index in [0.29, 0.717) is 13.2 Å². The maximum absolute atomic E-state index is 13.2. The molecule has 0 fully saturated rings. The number of aromatic nitrogens is 1. The minimum absolute atomic E-state index is 0.304. The van der Waals surface area contributed by atoms with Gasteiger partial charge < -0.3 is 9.64 Å². The molecule has 6 heteroatoms. The molecule has 1 rings (SSSR count). The van der Waals surface area contributed by atoms with Crippen LogP contribution in [-0.2, 0) is 4.74 Å². The van der Waals surface area contributed by atoms with E-state index in [1.54, 1.807) is 0 Å². The van der Waals surface area contributed by atoms with Crippen molar-refractivity contribution in [3.63, 3.8) is 0 Å². The second-order valence-corrected chi connectivity index (χ2v) is 3.18. The largest absolute Gasteiger partial charge is 0.383 e. The van der Waals surface area contributed by atoms with Gasteiger partial charge in [0.15, 0.2) is 5.82 Å². The molecular weight excluding hydrogens is 218 g/mol. The summed E-state index contributed by atoms with van der Waals surface area (Å²) in [5, 5.41) is 0. The second-order valence-electron chi connectivity index (χ2n) is 3.18. The Bertz CT molecular complexity index is 385. The van der Waals surface area contributed by atoms with Crippen molar-refractivity contribution in [2.45, 2.75) is 0 Å². The van der Waals surface area contributed by atoms with Gasteiger partial charge in [0.2, 0.25) is 5.95 Å². The molecule has 16 heavy (non-hydrogen) atoms. The molecule has 1 heterocycles. The molecule has 0 spiro atoms. The number of hydrogen-bond acceptors (Lipinski definition) is 3. The maximum Gasteiger partial charge on any atom is 0.256 e. The van der Waals surface area contributed by atoms with Gasteiger partial charge in [-0.25, -0.2) is 9.37 Å². The number of carbonyl (C=O) groups is 1. The zero-order chi connectivity index (χ0) is 12.1. The molecule has 0 aliphatic rings. The molecule has 0 radical (unpaired) electrons. The van der Waals surface area contributed by atoms with Crippen molar-refractivity contribution >= 4 is 5.91 Å². The van der Waals surface area contributed by atoms with E-state index in [-0.39, 0.29) is 5.56 Å². The van der Waals surface area contributed by atoms with Crippen LogP contribution >= 0.6 is 0 Å². The monoisotopic (exact) mass is 230 g/mol. The van der Waals surface area contributed by atoms with Crippen molar-refractivity contribution in [2.24, 2.45) is 0 Å². The fourth-order valence-electron chi connectivity index (χ4n) is 1.12. The number of nitrogens with zero attached hydrogens (tertiary/aromatic N) is 2. The zero-order valence-electron chi connectivity index (χ0n) is 9.04. The lowest BCUT2D eigenvalue weighted by Crippen LogP contribution is -2.30. The van der Waals surface area contributed by atoms with Gasteiger partial charge in [-0.05, 0) is 6.07 Å². The van der Waals surface area contributed by atoms with Crippen LogP contribution < -0.4 is 0 Å². The third-order valence-electron chi connectivity index (χ3n) is 2.05. The number of hydrogen-bond donors (Lipinski definition) is 0. The van der Waals surface area contributed by atoms with Crippen LogP contribution in [0.25, 0.3) is 0 Å². The summed E-state index contributed by atoms with van der Waals surface area (Å²) in [6, 6.07) is 1.14. The smallest absolute Gasteiger partial charge is 0.256 e. The Morgan fingerprint density at radius 1 is 1.56 bits per heavy atom. The molecule has 1 amide bonds. The van der Waals surface area contributed by atoms with Gasteiger partial charge in [-0.3, -0.25) is 4.79 Å². The Kier molecular flexibility index (Phi) is 4.30. The Balaban J connectivity index is 2.84. The number of methoxy groups -OCH3 is 1. The first-order chi connectivity index (χ1) is 7.57. The SMILES string of the molecule is COCCN(C)C(=O)c1ccnc(F)c1F. The fraction of sp³-hybridized carbons (Fsp3) is 0.400. The average molecular weight is 230 g/mol. The molecule has 0 atom stereocenters. The van der Waals surface area contributed by atoms with Crippen LogP contribution in [0.2, 0.25) is 0 Å². The maximum atomic E-state index is 13.2. The van der Waals surface area contributed by atoms with Crippen molar-refractivity contribution in [1.29, 1.82) is 0 Å². The molecule has 1 aromatic heterocycles. The molecule has 88 valence electrons. The molecule has 0 N–H and O–H groups in total. The number of likely N-dealkylation sites (N-methyl/N-ethyl adjacent to an activating group) is 1. The van der Waals surface area contributed by atoms with Gasteiger partial charge in [-0.1, -0.05) is 0 Å². The lowest BCUT2D eigenvalue weighted by atomic mass is 10.2. The second kappa shape index (κ2) is 5.50. The molecule has 0 bridgehead atoms. The van der Waals surface area contributed by atoms with E-state index in [9.17, 15) is 13.6 Å². The molecule has 0 saturated carbocycles. The first-order valence-electron chi connectivity index (χ1n) is 4.62. The van der Waals surface area contributed by atoms with E-state index in [1.165, 1.54) is 19.1 Å². The van der Waals surface area contributed by atoms with Gasteiger partial charge >= 0.3 is 0 Å². The average Bonchev–Trinajstić information content (AvgIpc) is 2.28. The predicted molar refractivity (Wildman–Crippen MR) is 53.0 cm³/mol. The molecule has 4 nitrogen and oxygen atoms in total. The minimum Gasteiger partial charge on any atom is -0.383 e. The summed E-state index contributed by atoms with van der Waals surface area (Å²) in [5.41, 5.74) is -0.328. The highest BCUT2D eigenvalue weighted by Gasteiger charge is 2.18. The number of pyridine rings is 1. The van der Waals surface area contributed by atoms with Crippen molar-refractivity contribution in [3.8, 4) is 0 Å². The summed E-state index contributed by atoms with van der Waals surface area (Å²) >= 11 is 0. The molecular formula is C10H12F2N2O2. The highest BCUT2D eigenvalue weighted by Crippen LogP contribution is 2.10. The summed E-state index contributed by atoms with van der Waals surface area (Å²) in [5.74, 6) is -3.10. The van der Waals surface area contributed by atoms with Crippen LogP contribution in [-0.4, -0.2) is 43.1 Å². The van der Waals surface area contributed by atoms with E-state index >= 15 is 0 Å². The lowest BCUT2D eigenvalue weighted by molar-refractivity contribution is 0.0738. The van der Waals surface area contributed by atoms with Gasteiger partial charge in [0.05, 0.1) is 12.2 Å². The number of ether oxygens (including phenoxy) is 1. The molecule has 1 aromatic rings. The minimum atomic E-state index is -1.27. The van der Waals surface area contributed by atoms with Crippen molar-refractivity contribution in [1.82, 2.24) is 9.88 Å². The standard InChI is InChI=1S/C10H12F2N2O2/c1-14(5-6-16-2)10(15)7-3-4-13-9(12)8(7)11/h3-4H,5-6H2,1-2H3. The summed E-state index contributed by atoms with van der Waals surface area (Å²) < 4.78 is 30.8. The molecule has 0 aromatic carbocycles. The van der Waals surface area contributed by atoms with Gasteiger partial charge in [-0.2, -0.15) is 4.39 Å². The van der Waals surface area contributed by atoms with E-state index in [0.717, 1.165) is 12.3 Å². The van der Waals surface area contributed by atoms with Gasteiger partial charge in [0.25, 0.3) is 5.91 Å².